The van der Waals surface area contributed by atoms with Crippen molar-refractivity contribution in [1.29, 1.82) is 0 Å². The molecule has 0 fully saturated rings. The van der Waals surface area contributed by atoms with Gasteiger partial charge in [0.25, 0.3) is 0 Å². The maximum atomic E-state index is 3.19. The molecular weight excluding hydrogens is 108 g/mol. The van der Waals surface area contributed by atoms with Crippen LogP contribution in [0.1, 0.15) is 39.5 Å². The average Bonchev–Trinajstić information content (AvgIpc) is 1.92. The van der Waals surface area contributed by atoms with Crippen molar-refractivity contribution >= 4 is 0 Å². The number of hydrogen-bond acceptors (Lipinski definition) is 0. The van der Waals surface area contributed by atoms with E-state index in [9.17, 15) is 0 Å². The Bertz CT molecular complexity index is 143. The van der Waals surface area contributed by atoms with E-state index in [0.717, 1.165) is 12.8 Å². The summed E-state index contributed by atoms with van der Waals surface area (Å²) in [5, 5.41) is 0. The minimum Gasteiger partial charge on any atom is -0.103 e. The van der Waals surface area contributed by atoms with Gasteiger partial charge in [0.05, 0.1) is 0 Å². The summed E-state index contributed by atoms with van der Waals surface area (Å²) >= 11 is 0. The van der Waals surface area contributed by atoms with Crippen molar-refractivity contribution < 1.29 is 0 Å². The maximum absolute atomic E-state index is 3.19. The van der Waals surface area contributed by atoms with Crippen LogP contribution in [0, 0.1) is 17.3 Å². The van der Waals surface area contributed by atoms with Crippen molar-refractivity contribution in [3.63, 3.8) is 0 Å². The third-order valence-electron chi connectivity index (χ3n) is 1.85. The van der Waals surface area contributed by atoms with Gasteiger partial charge in [0, 0.05) is 12.8 Å². The third-order valence-corrected chi connectivity index (χ3v) is 1.85. The largest absolute Gasteiger partial charge is 0.103 e. The van der Waals surface area contributed by atoms with E-state index < -0.39 is 0 Å². The highest BCUT2D eigenvalue weighted by molar-refractivity contribution is 5.04. The normalized spacial score (nSPS) is 23.8. The van der Waals surface area contributed by atoms with Crippen LogP contribution < -0.4 is 0 Å². The Labute approximate surface area is 57.7 Å². The smallest absolute Gasteiger partial charge is 0.0140 e. The lowest BCUT2D eigenvalue weighted by Gasteiger charge is -2.19. The summed E-state index contributed by atoms with van der Waals surface area (Å²) in [6.07, 6.45) is 4.82. The Hall–Kier alpha value is -0.440. The Morgan fingerprint density at radius 3 is 2.78 bits per heavy atom. The van der Waals surface area contributed by atoms with Gasteiger partial charge in [-0.25, -0.2) is 0 Å². The lowest BCUT2D eigenvalue weighted by Crippen LogP contribution is -2.08. The molecule has 0 amide bonds. The van der Waals surface area contributed by atoms with Gasteiger partial charge < -0.3 is 0 Å². The minimum atomic E-state index is 0.490. The van der Waals surface area contributed by atoms with Crippen LogP contribution in [0.25, 0.3) is 0 Å². The molecule has 9 heavy (non-hydrogen) atoms. The highest BCUT2D eigenvalue weighted by atomic mass is 14.2. The lowest BCUT2D eigenvalue weighted by molar-refractivity contribution is 0.341. The van der Waals surface area contributed by atoms with Gasteiger partial charge in [-0.1, -0.05) is 13.8 Å². The van der Waals surface area contributed by atoms with E-state index in [2.05, 4.69) is 25.7 Å². The average molecular weight is 122 g/mol. The first-order valence-electron chi connectivity index (χ1n) is 3.66. The standard InChI is InChI=1S/C9H14/c1-9(2)7-5-3-4-6-8-9/h3,5,7-8H2,1-2H3. The van der Waals surface area contributed by atoms with Crippen LogP contribution in [0.2, 0.25) is 0 Å². The van der Waals surface area contributed by atoms with Gasteiger partial charge >= 0.3 is 0 Å². The van der Waals surface area contributed by atoms with E-state index in [-0.39, 0.29) is 0 Å². The minimum absolute atomic E-state index is 0.490. The summed E-state index contributed by atoms with van der Waals surface area (Å²) in [5.41, 5.74) is 0.490. The fraction of sp³-hybridized carbons (Fsp3) is 0.778. The van der Waals surface area contributed by atoms with Gasteiger partial charge in [0.1, 0.15) is 0 Å². The van der Waals surface area contributed by atoms with Crippen LogP contribution >= 0.6 is 0 Å². The molecule has 0 unspecified atom stereocenters. The molecule has 1 rings (SSSR count). The highest BCUT2D eigenvalue weighted by Gasteiger charge is 2.16. The molecule has 0 saturated carbocycles. The molecule has 0 aliphatic heterocycles. The van der Waals surface area contributed by atoms with E-state index in [0.29, 0.717) is 5.41 Å². The first kappa shape index (κ1) is 6.68. The molecule has 0 N–H and O–H groups in total. The summed E-state index contributed by atoms with van der Waals surface area (Å²) in [5.74, 6) is 6.34. The topological polar surface area (TPSA) is 0 Å². The van der Waals surface area contributed by atoms with Gasteiger partial charge in [-0.15, -0.1) is 11.8 Å². The molecule has 0 heterocycles. The lowest BCUT2D eigenvalue weighted by atomic mass is 9.86. The highest BCUT2D eigenvalue weighted by Crippen LogP contribution is 2.27. The molecule has 0 spiro atoms. The molecule has 0 radical (unpaired) electrons. The summed E-state index contributed by atoms with van der Waals surface area (Å²) in [6, 6.07) is 0. The molecule has 0 atom stereocenters. The Morgan fingerprint density at radius 2 is 2.00 bits per heavy atom. The second-order valence-corrected chi connectivity index (χ2v) is 3.55. The summed E-state index contributed by atoms with van der Waals surface area (Å²) in [6.45, 7) is 4.60. The molecule has 0 nitrogen and oxygen atoms in total. The molecule has 1 aliphatic carbocycles. The van der Waals surface area contributed by atoms with E-state index in [1.165, 1.54) is 12.8 Å². The second-order valence-electron chi connectivity index (χ2n) is 3.55. The molecule has 0 bridgehead atoms. The van der Waals surface area contributed by atoms with Crippen molar-refractivity contribution in [3.05, 3.63) is 0 Å². The molecule has 0 heteroatoms. The van der Waals surface area contributed by atoms with E-state index >= 15 is 0 Å². The van der Waals surface area contributed by atoms with Crippen molar-refractivity contribution in [2.24, 2.45) is 5.41 Å². The molecular formula is C9H14. The monoisotopic (exact) mass is 122 g/mol. The van der Waals surface area contributed by atoms with E-state index in [1.807, 2.05) is 0 Å². The zero-order valence-corrected chi connectivity index (χ0v) is 6.33. The summed E-state index contributed by atoms with van der Waals surface area (Å²) in [4.78, 5) is 0. The first-order chi connectivity index (χ1) is 4.21. The van der Waals surface area contributed by atoms with Gasteiger partial charge in [-0.3, -0.25) is 0 Å². The van der Waals surface area contributed by atoms with Crippen molar-refractivity contribution in [2.75, 3.05) is 0 Å². The Balaban J connectivity index is 2.52. The number of rotatable bonds is 0. The Kier molecular flexibility index (Phi) is 1.81. The van der Waals surface area contributed by atoms with Crippen molar-refractivity contribution in [2.45, 2.75) is 39.5 Å². The second kappa shape index (κ2) is 2.43. The predicted molar refractivity (Wildman–Crippen MR) is 40.0 cm³/mol. The molecule has 0 aromatic rings. The predicted octanol–water partition coefficient (Wildman–Crippen LogP) is 2.59. The van der Waals surface area contributed by atoms with Crippen LogP contribution in [0.15, 0.2) is 0 Å². The quantitative estimate of drug-likeness (QED) is 0.433. The van der Waals surface area contributed by atoms with Gasteiger partial charge in [-0.05, 0) is 18.3 Å². The molecule has 1 aliphatic rings. The summed E-state index contributed by atoms with van der Waals surface area (Å²) < 4.78 is 0. The van der Waals surface area contributed by atoms with Crippen LogP contribution in [0.3, 0.4) is 0 Å². The molecule has 0 saturated heterocycles. The fourth-order valence-electron chi connectivity index (χ4n) is 1.13. The van der Waals surface area contributed by atoms with Crippen LogP contribution in [-0.2, 0) is 0 Å². The van der Waals surface area contributed by atoms with Gasteiger partial charge in [0.15, 0.2) is 0 Å². The molecule has 0 aromatic carbocycles. The Morgan fingerprint density at radius 1 is 1.22 bits per heavy atom. The van der Waals surface area contributed by atoms with Gasteiger partial charge in [-0.2, -0.15) is 0 Å². The SMILES string of the molecule is CC1(C)CC#CCCC1. The maximum Gasteiger partial charge on any atom is 0.0140 e. The third kappa shape index (κ3) is 2.10. The van der Waals surface area contributed by atoms with Crippen LogP contribution in [-0.4, -0.2) is 0 Å². The van der Waals surface area contributed by atoms with Crippen LogP contribution in [0.4, 0.5) is 0 Å². The van der Waals surface area contributed by atoms with Crippen LogP contribution in [0.5, 0.6) is 0 Å². The fourth-order valence-corrected chi connectivity index (χ4v) is 1.13. The number of hydrogen-bond donors (Lipinski definition) is 0. The summed E-state index contributed by atoms with van der Waals surface area (Å²) in [7, 11) is 0. The first-order valence-corrected chi connectivity index (χ1v) is 3.66. The van der Waals surface area contributed by atoms with Crippen molar-refractivity contribution in [1.82, 2.24) is 0 Å². The molecule has 0 aromatic heterocycles. The van der Waals surface area contributed by atoms with E-state index in [4.69, 9.17) is 0 Å². The van der Waals surface area contributed by atoms with E-state index in [1.54, 1.807) is 0 Å². The molecule has 50 valence electrons. The van der Waals surface area contributed by atoms with Crippen molar-refractivity contribution in [3.8, 4) is 11.8 Å². The van der Waals surface area contributed by atoms with Gasteiger partial charge in [0.2, 0.25) is 0 Å². The zero-order valence-electron chi connectivity index (χ0n) is 6.33. The zero-order chi connectivity index (χ0) is 6.74.